The minimum atomic E-state index is -0.175. The van der Waals surface area contributed by atoms with Crippen LogP contribution in [0.15, 0.2) is 53.6 Å². The topological polar surface area (TPSA) is 97.6 Å². The lowest BCUT2D eigenvalue weighted by Crippen LogP contribution is -2.36. The first-order valence-electron chi connectivity index (χ1n) is 10.2. The molecular formula is C22H21ClN6O2. The van der Waals surface area contributed by atoms with E-state index in [1.807, 2.05) is 24.3 Å². The molecule has 1 atom stereocenters. The van der Waals surface area contributed by atoms with Crippen molar-refractivity contribution in [1.82, 2.24) is 29.6 Å². The molecule has 0 saturated heterocycles. The first kappa shape index (κ1) is 19.6. The summed E-state index contributed by atoms with van der Waals surface area (Å²) in [5.41, 5.74) is 2.11. The molecule has 4 heterocycles. The van der Waals surface area contributed by atoms with Crippen LogP contribution in [-0.2, 0) is 19.5 Å². The molecule has 5 rings (SSSR count). The maximum Gasteiger partial charge on any atom is 0.346 e. The predicted octanol–water partition coefficient (Wildman–Crippen LogP) is 2.76. The molecule has 0 spiro atoms. The van der Waals surface area contributed by atoms with Crippen molar-refractivity contribution in [3.63, 3.8) is 0 Å². The Kier molecular flexibility index (Phi) is 5.07. The Morgan fingerprint density at radius 3 is 2.97 bits per heavy atom. The molecule has 1 amide bonds. The van der Waals surface area contributed by atoms with Gasteiger partial charge in [0.1, 0.15) is 11.5 Å². The van der Waals surface area contributed by atoms with E-state index in [1.54, 1.807) is 29.1 Å². The maximum atomic E-state index is 12.8. The molecule has 1 aliphatic rings. The summed E-state index contributed by atoms with van der Waals surface area (Å²) >= 11 is 6.21. The number of aromatic amines is 1. The number of rotatable bonds is 4. The largest absolute Gasteiger partial charge is 0.350 e. The van der Waals surface area contributed by atoms with Crippen molar-refractivity contribution >= 4 is 28.4 Å². The average Bonchev–Trinajstić information content (AvgIpc) is 3.27. The Balaban J connectivity index is 1.27. The molecule has 31 heavy (non-hydrogen) atoms. The van der Waals surface area contributed by atoms with Crippen molar-refractivity contribution in [2.45, 2.75) is 38.4 Å². The smallest absolute Gasteiger partial charge is 0.346 e. The van der Waals surface area contributed by atoms with Crippen molar-refractivity contribution in [3.05, 3.63) is 81.4 Å². The van der Waals surface area contributed by atoms with Crippen LogP contribution in [0.2, 0.25) is 5.02 Å². The maximum absolute atomic E-state index is 12.8. The highest BCUT2D eigenvalue weighted by Gasteiger charge is 2.23. The fourth-order valence-corrected chi connectivity index (χ4v) is 4.27. The van der Waals surface area contributed by atoms with Crippen LogP contribution in [0.1, 0.15) is 34.7 Å². The van der Waals surface area contributed by atoms with E-state index in [4.69, 9.17) is 11.6 Å². The van der Waals surface area contributed by atoms with E-state index >= 15 is 0 Å². The Hall–Kier alpha value is -3.39. The summed E-state index contributed by atoms with van der Waals surface area (Å²) in [5.74, 6) is 0.578. The third kappa shape index (κ3) is 3.86. The van der Waals surface area contributed by atoms with E-state index in [0.717, 1.165) is 28.7 Å². The van der Waals surface area contributed by atoms with Gasteiger partial charge in [0.2, 0.25) is 0 Å². The van der Waals surface area contributed by atoms with Crippen molar-refractivity contribution in [1.29, 1.82) is 0 Å². The zero-order chi connectivity index (χ0) is 21.4. The predicted molar refractivity (Wildman–Crippen MR) is 117 cm³/mol. The summed E-state index contributed by atoms with van der Waals surface area (Å²) in [6, 6.07) is 11.0. The first-order chi connectivity index (χ1) is 15.1. The number of aryl methyl sites for hydroxylation is 1. The quantitative estimate of drug-likeness (QED) is 0.514. The molecule has 2 N–H and O–H groups in total. The number of amides is 1. The lowest BCUT2D eigenvalue weighted by molar-refractivity contribution is 0.0928. The molecule has 1 aliphatic heterocycles. The minimum Gasteiger partial charge on any atom is -0.350 e. The molecule has 0 bridgehead atoms. The van der Waals surface area contributed by atoms with Crippen LogP contribution in [0, 0.1) is 0 Å². The first-order valence-corrected chi connectivity index (χ1v) is 10.6. The van der Waals surface area contributed by atoms with Crippen molar-refractivity contribution in [3.8, 4) is 0 Å². The van der Waals surface area contributed by atoms with Crippen LogP contribution >= 0.6 is 11.6 Å². The Morgan fingerprint density at radius 1 is 1.26 bits per heavy atom. The second-order valence-electron chi connectivity index (χ2n) is 7.75. The minimum absolute atomic E-state index is 0.0396. The van der Waals surface area contributed by atoms with E-state index < -0.39 is 0 Å². The molecule has 1 aromatic carbocycles. The van der Waals surface area contributed by atoms with Gasteiger partial charge in [-0.05, 0) is 42.7 Å². The van der Waals surface area contributed by atoms with E-state index in [0.29, 0.717) is 36.6 Å². The number of benzene rings is 1. The van der Waals surface area contributed by atoms with Gasteiger partial charge >= 0.3 is 5.69 Å². The van der Waals surface area contributed by atoms with Gasteiger partial charge in [0.25, 0.3) is 5.91 Å². The third-order valence-corrected chi connectivity index (χ3v) is 5.99. The number of nitrogens with one attached hydrogen (secondary N) is 2. The Morgan fingerprint density at radius 2 is 2.16 bits per heavy atom. The number of hydrogen-bond donors (Lipinski definition) is 2. The summed E-state index contributed by atoms with van der Waals surface area (Å²) in [7, 11) is 0. The highest BCUT2D eigenvalue weighted by molar-refractivity contribution is 6.35. The molecule has 1 unspecified atom stereocenters. The zero-order valence-electron chi connectivity index (χ0n) is 16.7. The average molecular weight is 437 g/mol. The van der Waals surface area contributed by atoms with Gasteiger partial charge in [0.15, 0.2) is 0 Å². The summed E-state index contributed by atoms with van der Waals surface area (Å²) in [5, 5.41) is 9.03. The molecule has 0 radical (unpaired) electrons. The normalized spacial score (nSPS) is 16.1. The van der Waals surface area contributed by atoms with Gasteiger partial charge < -0.3 is 10.3 Å². The van der Waals surface area contributed by atoms with E-state index in [1.165, 1.54) is 4.68 Å². The van der Waals surface area contributed by atoms with Gasteiger partial charge in [-0.1, -0.05) is 23.7 Å². The number of aromatic nitrogens is 5. The zero-order valence-corrected chi connectivity index (χ0v) is 17.5. The fourth-order valence-electron chi connectivity index (χ4n) is 4.04. The number of halogens is 1. The highest BCUT2D eigenvalue weighted by Crippen LogP contribution is 2.24. The molecule has 8 nitrogen and oxygen atoms in total. The van der Waals surface area contributed by atoms with Gasteiger partial charge in [-0.25, -0.2) is 9.48 Å². The van der Waals surface area contributed by atoms with Crippen molar-refractivity contribution < 1.29 is 4.79 Å². The fraction of sp³-hybridized carbons (Fsp3) is 0.273. The Labute approximate surface area is 182 Å². The number of pyridine rings is 1. The number of carbonyl (C=O) groups excluding carboxylic acids is 1. The summed E-state index contributed by atoms with van der Waals surface area (Å²) in [6.07, 6.45) is 5.44. The van der Waals surface area contributed by atoms with Crippen LogP contribution in [-0.4, -0.2) is 36.3 Å². The van der Waals surface area contributed by atoms with Crippen LogP contribution in [0.25, 0.3) is 10.9 Å². The van der Waals surface area contributed by atoms with Crippen molar-refractivity contribution in [2.75, 3.05) is 0 Å². The summed E-state index contributed by atoms with van der Waals surface area (Å²) in [4.78, 5) is 32.8. The lowest BCUT2D eigenvalue weighted by atomic mass is 10.1. The number of fused-ring (bicyclic) bond motifs is 2. The van der Waals surface area contributed by atoms with Crippen LogP contribution in [0.4, 0.5) is 0 Å². The molecule has 0 aliphatic carbocycles. The number of H-pyrrole nitrogens is 1. The van der Waals surface area contributed by atoms with E-state index in [9.17, 15) is 9.59 Å². The second kappa shape index (κ2) is 8.03. The summed E-state index contributed by atoms with van der Waals surface area (Å²) in [6.45, 7) is 0.917. The van der Waals surface area contributed by atoms with Crippen LogP contribution in [0.3, 0.4) is 0 Å². The van der Waals surface area contributed by atoms with Gasteiger partial charge in [0.05, 0.1) is 6.54 Å². The molecule has 3 aromatic heterocycles. The number of carbonyl (C=O) groups is 1. The van der Waals surface area contributed by atoms with Gasteiger partial charge in [0, 0.05) is 47.3 Å². The molecule has 0 saturated carbocycles. The Bertz CT molecular complexity index is 1310. The third-order valence-electron chi connectivity index (χ3n) is 5.66. The SMILES string of the molecule is O=C(NC1CCc2nn(Cc3cccnc3)c(=O)n2CC1)c1cc2c(Cl)cccc2[nH]1. The monoisotopic (exact) mass is 436 g/mol. The highest BCUT2D eigenvalue weighted by atomic mass is 35.5. The van der Waals surface area contributed by atoms with Gasteiger partial charge in [-0.2, -0.15) is 5.10 Å². The van der Waals surface area contributed by atoms with Crippen LogP contribution < -0.4 is 11.0 Å². The van der Waals surface area contributed by atoms with Crippen molar-refractivity contribution in [2.24, 2.45) is 0 Å². The molecule has 158 valence electrons. The van der Waals surface area contributed by atoms with E-state index in [2.05, 4.69) is 20.4 Å². The lowest BCUT2D eigenvalue weighted by Gasteiger charge is -2.15. The number of nitrogens with zero attached hydrogens (tertiary/aromatic N) is 4. The van der Waals surface area contributed by atoms with Gasteiger partial charge in [-0.15, -0.1) is 0 Å². The molecule has 0 fully saturated rings. The number of hydrogen-bond acceptors (Lipinski definition) is 4. The summed E-state index contributed by atoms with van der Waals surface area (Å²) < 4.78 is 3.20. The second-order valence-corrected chi connectivity index (χ2v) is 8.16. The van der Waals surface area contributed by atoms with Crippen LogP contribution in [0.5, 0.6) is 0 Å². The standard InChI is InChI=1S/C22H21ClN6O2/c23-17-4-1-5-18-16(17)11-19(26-18)21(30)25-15-6-7-20-27-29(22(31)28(20)10-8-15)13-14-3-2-9-24-12-14/h1-5,9,11-12,15,26H,6-8,10,13H2,(H,25,30). The molecular weight excluding hydrogens is 416 g/mol. The van der Waals surface area contributed by atoms with E-state index in [-0.39, 0.29) is 17.6 Å². The van der Waals surface area contributed by atoms with Gasteiger partial charge in [-0.3, -0.25) is 14.3 Å². The molecule has 4 aromatic rings. The molecule has 9 heteroatoms.